The molecule has 0 unspecified atom stereocenters. The van der Waals surface area contributed by atoms with E-state index in [-0.39, 0.29) is 6.29 Å². The lowest BCUT2D eigenvalue weighted by Crippen LogP contribution is -2.32. The fourth-order valence-electron chi connectivity index (χ4n) is 1.44. The maximum absolute atomic E-state index is 5.72. The van der Waals surface area contributed by atoms with Gasteiger partial charge in [-0.05, 0) is 47.5 Å². The second-order valence-corrected chi connectivity index (χ2v) is 4.34. The molecule has 0 heterocycles. The lowest BCUT2D eigenvalue weighted by atomic mass is 10.00. The zero-order valence-electron chi connectivity index (χ0n) is 11.2. The summed E-state index contributed by atoms with van der Waals surface area (Å²) < 4.78 is 11.1. The molecular formula is C14H24O2. The molecule has 16 heavy (non-hydrogen) atoms. The number of hydrogen-bond donors (Lipinski definition) is 0. The summed E-state index contributed by atoms with van der Waals surface area (Å²) in [6.45, 7) is 10.5. The Bertz CT molecular complexity index is 258. The standard InChI is InChI=1S/C14H24O2/c1-7-14(6,11-9-10-12(3)4)16-13(5)15-8-2/h1,10,13H,8-9,11H2,2-6H3/t13-,14+/m0/s1. The molecule has 0 aliphatic heterocycles. The summed E-state index contributed by atoms with van der Waals surface area (Å²) in [5, 5.41) is 0. The summed E-state index contributed by atoms with van der Waals surface area (Å²) in [6, 6.07) is 0. The topological polar surface area (TPSA) is 18.5 Å². The zero-order valence-corrected chi connectivity index (χ0v) is 11.2. The van der Waals surface area contributed by atoms with Gasteiger partial charge in [-0.25, -0.2) is 0 Å². The van der Waals surface area contributed by atoms with Gasteiger partial charge in [-0.2, -0.15) is 0 Å². The Labute approximate surface area is 100 Å². The summed E-state index contributed by atoms with van der Waals surface area (Å²) in [7, 11) is 0. The summed E-state index contributed by atoms with van der Waals surface area (Å²) in [6.07, 6.45) is 9.18. The highest BCUT2D eigenvalue weighted by molar-refractivity contribution is 5.07. The molecule has 2 heteroatoms. The molecule has 0 aromatic rings. The molecule has 2 nitrogen and oxygen atoms in total. The second-order valence-electron chi connectivity index (χ2n) is 4.34. The molecule has 0 aromatic heterocycles. The van der Waals surface area contributed by atoms with Crippen molar-refractivity contribution < 1.29 is 9.47 Å². The Morgan fingerprint density at radius 3 is 2.56 bits per heavy atom. The predicted molar refractivity (Wildman–Crippen MR) is 68.1 cm³/mol. The van der Waals surface area contributed by atoms with E-state index in [1.54, 1.807) is 0 Å². The fourth-order valence-corrected chi connectivity index (χ4v) is 1.44. The van der Waals surface area contributed by atoms with Crippen LogP contribution >= 0.6 is 0 Å². The monoisotopic (exact) mass is 224 g/mol. The minimum absolute atomic E-state index is 0.252. The van der Waals surface area contributed by atoms with Gasteiger partial charge in [0.25, 0.3) is 0 Å². The van der Waals surface area contributed by atoms with E-state index in [9.17, 15) is 0 Å². The molecule has 0 aliphatic carbocycles. The fraction of sp³-hybridized carbons (Fsp3) is 0.714. The van der Waals surface area contributed by atoms with Crippen molar-refractivity contribution in [1.29, 1.82) is 0 Å². The molecule has 0 spiro atoms. The average molecular weight is 224 g/mol. The van der Waals surface area contributed by atoms with Crippen LogP contribution in [-0.2, 0) is 9.47 Å². The van der Waals surface area contributed by atoms with Crippen LogP contribution < -0.4 is 0 Å². The summed E-state index contributed by atoms with van der Waals surface area (Å²) in [4.78, 5) is 0. The Morgan fingerprint density at radius 1 is 1.50 bits per heavy atom. The minimum atomic E-state index is -0.541. The summed E-state index contributed by atoms with van der Waals surface area (Å²) >= 11 is 0. The summed E-state index contributed by atoms with van der Waals surface area (Å²) in [5.74, 6) is 2.71. The van der Waals surface area contributed by atoms with E-state index < -0.39 is 5.60 Å². The van der Waals surface area contributed by atoms with Crippen LogP contribution in [0.5, 0.6) is 0 Å². The van der Waals surface area contributed by atoms with Gasteiger partial charge in [-0.1, -0.05) is 17.6 Å². The number of allylic oxidation sites excluding steroid dienone is 2. The van der Waals surface area contributed by atoms with E-state index in [1.165, 1.54) is 5.57 Å². The van der Waals surface area contributed by atoms with Crippen LogP contribution in [-0.4, -0.2) is 18.5 Å². The van der Waals surface area contributed by atoms with Crippen molar-refractivity contribution in [2.45, 2.75) is 59.4 Å². The molecular weight excluding hydrogens is 200 g/mol. The van der Waals surface area contributed by atoms with E-state index in [0.717, 1.165) is 12.8 Å². The van der Waals surface area contributed by atoms with Crippen LogP contribution in [0.4, 0.5) is 0 Å². The van der Waals surface area contributed by atoms with Gasteiger partial charge in [-0.3, -0.25) is 0 Å². The maximum Gasteiger partial charge on any atom is 0.156 e. The molecule has 0 radical (unpaired) electrons. The first-order valence-electron chi connectivity index (χ1n) is 5.84. The Hall–Kier alpha value is -0.780. The van der Waals surface area contributed by atoms with Crippen LogP contribution in [0.2, 0.25) is 0 Å². The van der Waals surface area contributed by atoms with Gasteiger partial charge in [0.15, 0.2) is 6.29 Å². The van der Waals surface area contributed by atoms with Crippen molar-refractivity contribution in [3.8, 4) is 12.3 Å². The smallest absolute Gasteiger partial charge is 0.156 e. The number of hydrogen-bond acceptors (Lipinski definition) is 2. The first-order chi connectivity index (χ1) is 7.43. The molecule has 0 saturated carbocycles. The molecule has 0 bridgehead atoms. The molecule has 0 rings (SSSR count). The average Bonchev–Trinajstić information content (AvgIpc) is 2.17. The largest absolute Gasteiger partial charge is 0.353 e. The van der Waals surface area contributed by atoms with Gasteiger partial charge in [0.2, 0.25) is 0 Å². The van der Waals surface area contributed by atoms with E-state index >= 15 is 0 Å². The number of terminal acetylenes is 1. The lowest BCUT2D eigenvalue weighted by molar-refractivity contribution is -0.176. The number of rotatable bonds is 7. The van der Waals surface area contributed by atoms with Gasteiger partial charge >= 0.3 is 0 Å². The van der Waals surface area contributed by atoms with E-state index in [2.05, 4.69) is 25.8 Å². The highest BCUT2D eigenvalue weighted by Gasteiger charge is 2.24. The van der Waals surface area contributed by atoms with Crippen molar-refractivity contribution >= 4 is 0 Å². The maximum atomic E-state index is 5.72. The van der Waals surface area contributed by atoms with Gasteiger partial charge in [0.1, 0.15) is 5.60 Å². The quantitative estimate of drug-likeness (QED) is 0.374. The first-order valence-corrected chi connectivity index (χ1v) is 5.84. The van der Waals surface area contributed by atoms with Crippen molar-refractivity contribution in [2.75, 3.05) is 6.61 Å². The molecule has 0 aliphatic rings. The normalized spacial score (nSPS) is 16.0. The third-order valence-electron chi connectivity index (χ3n) is 2.31. The highest BCUT2D eigenvalue weighted by Crippen LogP contribution is 2.20. The zero-order chi connectivity index (χ0) is 12.6. The molecule has 2 atom stereocenters. The highest BCUT2D eigenvalue weighted by atomic mass is 16.7. The van der Waals surface area contributed by atoms with Crippen LogP contribution in [0, 0.1) is 12.3 Å². The van der Waals surface area contributed by atoms with Crippen molar-refractivity contribution in [3.63, 3.8) is 0 Å². The van der Waals surface area contributed by atoms with E-state index in [0.29, 0.717) is 6.61 Å². The second kappa shape index (κ2) is 7.49. The molecule has 0 fully saturated rings. The summed E-state index contributed by atoms with van der Waals surface area (Å²) in [5.41, 5.74) is 0.762. The van der Waals surface area contributed by atoms with E-state index in [4.69, 9.17) is 15.9 Å². The lowest BCUT2D eigenvalue weighted by Gasteiger charge is -2.27. The predicted octanol–water partition coefficient (Wildman–Crippen LogP) is 3.52. The van der Waals surface area contributed by atoms with Crippen LogP contribution in [0.3, 0.4) is 0 Å². The Kier molecular flexibility index (Phi) is 7.12. The third kappa shape index (κ3) is 6.66. The van der Waals surface area contributed by atoms with Gasteiger partial charge < -0.3 is 9.47 Å². The first kappa shape index (κ1) is 15.2. The minimum Gasteiger partial charge on any atom is -0.353 e. The molecule has 0 aromatic carbocycles. The van der Waals surface area contributed by atoms with Gasteiger partial charge in [0.05, 0.1) is 0 Å². The Balaban J connectivity index is 4.21. The molecule has 0 saturated heterocycles. The van der Waals surface area contributed by atoms with Crippen molar-refractivity contribution in [2.24, 2.45) is 0 Å². The van der Waals surface area contributed by atoms with Crippen molar-refractivity contribution in [1.82, 2.24) is 0 Å². The molecule has 0 N–H and O–H groups in total. The SMILES string of the molecule is C#C[C@](C)(CCC=C(C)C)O[C@@H](C)OCC. The molecule has 0 amide bonds. The number of ether oxygens (including phenoxy) is 2. The molecule has 92 valence electrons. The van der Waals surface area contributed by atoms with E-state index in [1.807, 2.05) is 20.8 Å². The van der Waals surface area contributed by atoms with Crippen LogP contribution in [0.25, 0.3) is 0 Å². The third-order valence-corrected chi connectivity index (χ3v) is 2.31. The van der Waals surface area contributed by atoms with Gasteiger partial charge in [0, 0.05) is 6.61 Å². The van der Waals surface area contributed by atoms with Crippen LogP contribution in [0.1, 0.15) is 47.5 Å². The van der Waals surface area contributed by atoms with Crippen molar-refractivity contribution in [3.05, 3.63) is 11.6 Å². The van der Waals surface area contributed by atoms with Gasteiger partial charge in [-0.15, -0.1) is 6.42 Å². The Morgan fingerprint density at radius 2 is 2.12 bits per heavy atom. The van der Waals surface area contributed by atoms with Crippen LogP contribution in [0.15, 0.2) is 11.6 Å².